The largest absolute Gasteiger partial charge is 0.383 e. The van der Waals surface area contributed by atoms with Crippen LogP contribution in [0, 0.1) is 0 Å². The molecule has 0 aromatic carbocycles. The second-order valence-electron chi connectivity index (χ2n) is 3.48. The molecule has 1 N–H and O–H groups in total. The molecular weight excluding hydrogens is 198 g/mol. The molecule has 1 fully saturated rings. The number of methoxy groups -OCH3 is 1. The van der Waals surface area contributed by atoms with Crippen molar-refractivity contribution >= 4 is 11.3 Å². The van der Waals surface area contributed by atoms with Gasteiger partial charge in [-0.3, -0.25) is 0 Å². The SMILES string of the molecule is COCCNCc1nnc(C2CC2)s1. The van der Waals surface area contributed by atoms with Crippen molar-refractivity contribution in [1.82, 2.24) is 15.5 Å². The number of hydrogen-bond acceptors (Lipinski definition) is 5. The molecular formula is C9H15N3OS. The summed E-state index contributed by atoms with van der Waals surface area (Å²) in [5.41, 5.74) is 0. The second kappa shape index (κ2) is 4.82. The summed E-state index contributed by atoms with van der Waals surface area (Å²) in [6.07, 6.45) is 2.59. The summed E-state index contributed by atoms with van der Waals surface area (Å²) in [5.74, 6) is 0.722. The number of rotatable bonds is 6. The summed E-state index contributed by atoms with van der Waals surface area (Å²) in [5, 5.41) is 13.9. The van der Waals surface area contributed by atoms with E-state index in [9.17, 15) is 0 Å². The highest BCUT2D eigenvalue weighted by molar-refractivity contribution is 7.11. The third-order valence-electron chi connectivity index (χ3n) is 2.17. The molecule has 2 rings (SSSR count). The number of hydrogen-bond donors (Lipinski definition) is 1. The van der Waals surface area contributed by atoms with Gasteiger partial charge < -0.3 is 10.1 Å². The van der Waals surface area contributed by atoms with Gasteiger partial charge in [0.1, 0.15) is 10.0 Å². The average Bonchev–Trinajstić information content (AvgIpc) is 2.94. The Morgan fingerprint density at radius 2 is 2.36 bits per heavy atom. The zero-order valence-corrected chi connectivity index (χ0v) is 9.14. The lowest BCUT2D eigenvalue weighted by Crippen LogP contribution is -2.18. The van der Waals surface area contributed by atoms with E-state index in [4.69, 9.17) is 4.74 Å². The molecule has 14 heavy (non-hydrogen) atoms. The zero-order valence-electron chi connectivity index (χ0n) is 8.32. The minimum atomic E-state index is 0.722. The first-order chi connectivity index (χ1) is 6.90. The van der Waals surface area contributed by atoms with E-state index in [2.05, 4.69) is 15.5 Å². The predicted octanol–water partition coefficient (Wildman–Crippen LogP) is 1.15. The van der Waals surface area contributed by atoms with Crippen LogP contribution in [0.5, 0.6) is 0 Å². The second-order valence-corrected chi connectivity index (χ2v) is 4.57. The fourth-order valence-electron chi connectivity index (χ4n) is 1.20. The van der Waals surface area contributed by atoms with Gasteiger partial charge in [0.2, 0.25) is 0 Å². The molecule has 0 amide bonds. The standard InChI is InChI=1S/C9H15N3OS/c1-13-5-4-10-6-8-11-12-9(14-8)7-2-3-7/h7,10H,2-6H2,1H3. The van der Waals surface area contributed by atoms with Crippen LogP contribution >= 0.6 is 11.3 Å². The van der Waals surface area contributed by atoms with Crippen molar-refractivity contribution in [2.24, 2.45) is 0 Å². The molecule has 78 valence electrons. The van der Waals surface area contributed by atoms with Gasteiger partial charge in [-0.15, -0.1) is 10.2 Å². The van der Waals surface area contributed by atoms with Crippen LogP contribution in [0.4, 0.5) is 0 Å². The number of nitrogens with one attached hydrogen (secondary N) is 1. The van der Waals surface area contributed by atoms with E-state index in [1.807, 2.05) is 0 Å². The van der Waals surface area contributed by atoms with Gasteiger partial charge in [0.05, 0.1) is 6.61 Å². The first kappa shape index (κ1) is 10.0. The normalized spacial score (nSPS) is 16.1. The molecule has 1 aliphatic rings. The van der Waals surface area contributed by atoms with Crippen LogP contribution in [0.15, 0.2) is 0 Å². The molecule has 0 bridgehead atoms. The van der Waals surface area contributed by atoms with Gasteiger partial charge in [-0.25, -0.2) is 0 Å². The highest BCUT2D eigenvalue weighted by atomic mass is 32.1. The minimum absolute atomic E-state index is 0.722. The maximum absolute atomic E-state index is 4.94. The van der Waals surface area contributed by atoms with Gasteiger partial charge in [0.25, 0.3) is 0 Å². The summed E-state index contributed by atoms with van der Waals surface area (Å²) < 4.78 is 4.94. The van der Waals surface area contributed by atoms with Crippen molar-refractivity contribution in [2.45, 2.75) is 25.3 Å². The molecule has 1 heterocycles. The lowest BCUT2D eigenvalue weighted by atomic mass is 10.5. The summed E-state index contributed by atoms with van der Waals surface area (Å²) in [6.45, 7) is 2.43. The van der Waals surface area contributed by atoms with Crippen LogP contribution in [0.3, 0.4) is 0 Å². The van der Waals surface area contributed by atoms with Crippen LogP contribution in [0.1, 0.15) is 28.8 Å². The Labute approximate surface area is 87.7 Å². The molecule has 0 unspecified atom stereocenters. The lowest BCUT2D eigenvalue weighted by Gasteiger charge is -1.99. The molecule has 5 heteroatoms. The van der Waals surface area contributed by atoms with Crippen LogP contribution in [-0.4, -0.2) is 30.5 Å². The van der Waals surface area contributed by atoms with Crippen LogP contribution < -0.4 is 5.32 Å². The maximum Gasteiger partial charge on any atom is 0.131 e. The van der Waals surface area contributed by atoms with E-state index in [1.54, 1.807) is 18.4 Å². The first-order valence-corrected chi connectivity index (χ1v) is 5.73. The number of aromatic nitrogens is 2. The fraction of sp³-hybridized carbons (Fsp3) is 0.778. The Hall–Kier alpha value is -0.520. The van der Waals surface area contributed by atoms with Gasteiger partial charge in [0.15, 0.2) is 0 Å². The molecule has 0 spiro atoms. The highest BCUT2D eigenvalue weighted by Crippen LogP contribution is 2.41. The van der Waals surface area contributed by atoms with E-state index >= 15 is 0 Å². The molecule has 0 aliphatic heterocycles. The Morgan fingerprint density at radius 3 is 3.07 bits per heavy atom. The number of ether oxygens (including phenoxy) is 1. The van der Waals surface area contributed by atoms with Crippen molar-refractivity contribution in [2.75, 3.05) is 20.3 Å². The Bertz CT molecular complexity index is 285. The van der Waals surface area contributed by atoms with Gasteiger partial charge >= 0.3 is 0 Å². The van der Waals surface area contributed by atoms with Crippen LogP contribution in [0.2, 0.25) is 0 Å². The Morgan fingerprint density at radius 1 is 1.50 bits per heavy atom. The van der Waals surface area contributed by atoms with Crippen LogP contribution in [-0.2, 0) is 11.3 Å². The molecule has 1 aliphatic carbocycles. The van der Waals surface area contributed by atoms with E-state index in [-0.39, 0.29) is 0 Å². The predicted molar refractivity (Wildman–Crippen MR) is 55.5 cm³/mol. The van der Waals surface area contributed by atoms with Crippen molar-refractivity contribution in [1.29, 1.82) is 0 Å². The highest BCUT2D eigenvalue weighted by Gasteiger charge is 2.27. The van der Waals surface area contributed by atoms with E-state index in [0.29, 0.717) is 0 Å². The molecule has 1 aromatic rings. The monoisotopic (exact) mass is 213 g/mol. The minimum Gasteiger partial charge on any atom is -0.383 e. The summed E-state index contributed by atoms with van der Waals surface area (Å²) >= 11 is 1.74. The average molecular weight is 213 g/mol. The third-order valence-corrected chi connectivity index (χ3v) is 3.25. The maximum atomic E-state index is 4.94. The molecule has 1 aromatic heterocycles. The van der Waals surface area contributed by atoms with Gasteiger partial charge in [-0.05, 0) is 12.8 Å². The first-order valence-electron chi connectivity index (χ1n) is 4.92. The van der Waals surface area contributed by atoms with Crippen molar-refractivity contribution in [3.63, 3.8) is 0 Å². The third kappa shape index (κ3) is 2.73. The summed E-state index contributed by atoms with van der Waals surface area (Å²) in [6, 6.07) is 0. The lowest BCUT2D eigenvalue weighted by molar-refractivity contribution is 0.199. The van der Waals surface area contributed by atoms with Crippen molar-refractivity contribution in [3.8, 4) is 0 Å². The zero-order chi connectivity index (χ0) is 9.80. The van der Waals surface area contributed by atoms with Crippen molar-refractivity contribution < 1.29 is 4.74 Å². The molecule has 0 atom stereocenters. The smallest absolute Gasteiger partial charge is 0.131 e. The van der Waals surface area contributed by atoms with Gasteiger partial charge in [0, 0.05) is 26.1 Å². The summed E-state index contributed by atoms with van der Waals surface area (Å²) in [7, 11) is 1.71. The molecule has 4 nitrogen and oxygen atoms in total. The topological polar surface area (TPSA) is 47.0 Å². The molecule has 0 saturated heterocycles. The van der Waals surface area contributed by atoms with Crippen molar-refractivity contribution in [3.05, 3.63) is 10.0 Å². The quantitative estimate of drug-likeness (QED) is 0.720. The number of nitrogens with zero attached hydrogens (tertiary/aromatic N) is 2. The summed E-state index contributed by atoms with van der Waals surface area (Å²) in [4.78, 5) is 0. The van der Waals surface area contributed by atoms with E-state index in [1.165, 1.54) is 17.8 Å². The van der Waals surface area contributed by atoms with Crippen LogP contribution in [0.25, 0.3) is 0 Å². The van der Waals surface area contributed by atoms with Gasteiger partial charge in [-0.2, -0.15) is 0 Å². The Balaban J connectivity index is 1.72. The molecule has 0 radical (unpaired) electrons. The van der Waals surface area contributed by atoms with E-state index < -0.39 is 0 Å². The van der Waals surface area contributed by atoms with Gasteiger partial charge in [-0.1, -0.05) is 11.3 Å². The molecule has 1 saturated carbocycles. The Kier molecular flexibility index (Phi) is 3.44. The van der Waals surface area contributed by atoms with E-state index in [0.717, 1.165) is 30.6 Å². The fourth-order valence-corrected chi connectivity index (χ4v) is 2.18.